The van der Waals surface area contributed by atoms with Crippen LogP contribution in [0.1, 0.15) is 31.7 Å². The van der Waals surface area contributed by atoms with Crippen molar-refractivity contribution in [2.45, 2.75) is 32.7 Å². The second-order valence-electron chi connectivity index (χ2n) is 5.44. The Balaban J connectivity index is 1.70. The van der Waals surface area contributed by atoms with Gasteiger partial charge in [-0.1, -0.05) is 25.5 Å². The average Bonchev–Trinajstić information content (AvgIpc) is 3.27. The van der Waals surface area contributed by atoms with Gasteiger partial charge in [0.2, 0.25) is 11.8 Å². The lowest BCUT2D eigenvalue weighted by atomic mass is 10.2. The average molecular weight is 292 g/mol. The van der Waals surface area contributed by atoms with Gasteiger partial charge in [0.05, 0.1) is 11.8 Å². The van der Waals surface area contributed by atoms with E-state index in [1.807, 2.05) is 0 Å². The maximum atomic E-state index is 12.8. The van der Waals surface area contributed by atoms with E-state index >= 15 is 0 Å². The lowest BCUT2D eigenvalue weighted by molar-refractivity contribution is -0.127. The number of amides is 2. The molecular weight excluding hydrogens is 271 g/mol. The van der Waals surface area contributed by atoms with Crippen molar-refractivity contribution in [1.82, 2.24) is 10.6 Å². The highest BCUT2D eigenvalue weighted by Crippen LogP contribution is 2.38. The molecule has 0 bridgehead atoms. The Bertz CT molecular complexity index is 502. The summed E-state index contributed by atoms with van der Waals surface area (Å²) >= 11 is 0. The quantitative estimate of drug-likeness (QED) is 0.755. The molecule has 2 rings (SSSR count). The summed E-state index contributed by atoms with van der Waals surface area (Å²) in [4.78, 5) is 23.7. The second kappa shape index (κ2) is 7.20. The Morgan fingerprint density at radius 2 is 1.76 bits per heavy atom. The number of halogens is 1. The third kappa shape index (κ3) is 4.55. The zero-order valence-corrected chi connectivity index (χ0v) is 12.2. The van der Waals surface area contributed by atoms with Crippen molar-refractivity contribution in [3.63, 3.8) is 0 Å². The fourth-order valence-electron chi connectivity index (χ4n) is 2.22. The normalized spacial score (nSPS) is 19.9. The second-order valence-corrected chi connectivity index (χ2v) is 5.44. The largest absolute Gasteiger partial charge is 0.356 e. The van der Waals surface area contributed by atoms with Gasteiger partial charge in [0.1, 0.15) is 5.82 Å². The highest BCUT2D eigenvalue weighted by Gasteiger charge is 2.47. The molecule has 1 aromatic carbocycles. The molecule has 1 aliphatic rings. The van der Waals surface area contributed by atoms with Crippen LogP contribution in [0, 0.1) is 17.7 Å². The number of carbonyl (C=O) groups is 2. The van der Waals surface area contributed by atoms with Crippen molar-refractivity contribution >= 4 is 11.8 Å². The molecule has 2 atom stereocenters. The van der Waals surface area contributed by atoms with Crippen molar-refractivity contribution in [3.8, 4) is 0 Å². The van der Waals surface area contributed by atoms with E-state index in [9.17, 15) is 14.0 Å². The van der Waals surface area contributed by atoms with Gasteiger partial charge in [-0.25, -0.2) is 4.39 Å². The molecule has 2 N–H and O–H groups in total. The highest BCUT2D eigenvalue weighted by molar-refractivity contribution is 5.92. The van der Waals surface area contributed by atoms with Crippen molar-refractivity contribution in [2.24, 2.45) is 11.8 Å². The summed E-state index contributed by atoms with van der Waals surface area (Å²) in [5.41, 5.74) is 0.842. The first-order valence-electron chi connectivity index (χ1n) is 7.41. The van der Waals surface area contributed by atoms with E-state index in [0.717, 1.165) is 18.4 Å². The third-order valence-electron chi connectivity index (χ3n) is 3.67. The fourth-order valence-corrected chi connectivity index (χ4v) is 2.22. The summed E-state index contributed by atoms with van der Waals surface area (Å²) in [6.45, 7) is 3.10. The topological polar surface area (TPSA) is 58.2 Å². The smallest absolute Gasteiger partial charge is 0.224 e. The molecule has 114 valence electrons. The molecule has 1 fully saturated rings. The summed E-state index contributed by atoms with van der Waals surface area (Å²) in [6.07, 6.45) is 2.61. The van der Waals surface area contributed by atoms with Crippen molar-refractivity contribution in [1.29, 1.82) is 0 Å². The summed E-state index contributed by atoms with van der Waals surface area (Å²) < 4.78 is 12.8. The summed E-state index contributed by atoms with van der Waals surface area (Å²) in [6, 6.07) is 6.00. The van der Waals surface area contributed by atoms with E-state index in [1.54, 1.807) is 12.1 Å². The van der Waals surface area contributed by atoms with E-state index in [0.29, 0.717) is 19.5 Å². The van der Waals surface area contributed by atoms with E-state index < -0.39 is 0 Å². The van der Waals surface area contributed by atoms with Gasteiger partial charge >= 0.3 is 0 Å². The Kier molecular flexibility index (Phi) is 5.31. The van der Waals surface area contributed by atoms with Gasteiger partial charge < -0.3 is 10.6 Å². The molecule has 0 aliphatic heterocycles. The highest BCUT2D eigenvalue weighted by atomic mass is 19.1. The minimum absolute atomic E-state index is 0.0228. The van der Waals surface area contributed by atoms with Crippen molar-refractivity contribution < 1.29 is 14.0 Å². The molecule has 0 heterocycles. The zero-order valence-electron chi connectivity index (χ0n) is 12.2. The van der Waals surface area contributed by atoms with E-state index in [-0.39, 0.29) is 29.5 Å². The molecule has 4 nitrogen and oxygen atoms in total. The van der Waals surface area contributed by atoms with Crippen LogP contribution in [0.15, 0.2) is 24.3 Å². The Labute approximate surface area is 124 Å². The lowest BCUT2D eigenvalue weighted by Gasteiger charge is -2.06. The van der Waals surface area contributed by atoms with E-state index in [1.165, 1.54) is 12.1 Å². The lowest BCUT2D eigenvalue weighted by Crippen LogP contribution is -2.30. The predicted octanol–water partition coefficient (Wildman–Crippen LogP) is 1.99. The maximum Gasteiger partial charge on any atom is 0.224 e. The molecule has 1 saturated carbocycles. The molecule has 21 heavy (non-hydrogen) atoms. The summed E-state index contributed by atoms with van der Waals surface area (Å²) in [5, 5.41) is 5.64. The van der Waals surface area contributed by atoms with Gasteiger partial charge in [-0.05, 0) is 30.5 Å². The Morgan fingerprint density at radius 1 is 1.14 bits per heavy atom. The third-order valence-corrected chi connectivity index (χ3v) is 3.67. The number of nitrogens with one attached hydrogen (secondary N) is 2. The minimum atomic E-state index is -0.295. The number of benzene rings is 1. The number of unbranched alkanes of at least 4 members (excludes halogenated alkanes) is 1. The predicted molar refractivity (Wildman–Crippen MR) is 77.8 cm³/mol. The SMILES string of the molecule is CCCCNC(=O)C1CC1C(=O)NCc1ccc(F)cc1. The first-order chi connectivity index (χ1) is 10.1. The molecule has 2 amide bonds. The molecule has 1 aromatic rings. The van der Waals surface area contributed by atoms with E-state index in [4.69, 9.17) is 0 Å². The molecular formula is C16H21FN2O2. The summed E-state index contributed by atoms with van der Waals surface area (Å²) in [5.74, 6) is -0.821. The molecule has 0 radical (unpaired) electrons. The molecule has 1 aliphatic carbocycles. The van der Waals surface area contributed by atoms with Crippen LogP contribution in [0.5, 0.6) is 0 Å². The standard InChI is InChI=1S/C16H21FN2O2/c1-2-3-8-18-15(20)13-9-14(13)16(21)19-10-11-4-6-12(17)7-5-11/h4-7,13-14H,2-3,8-10H2,1H3,(H,18,20)(H,19,21). The van der Waals surface area contributed by atoms with Gasteiger partial charge in [-0.2, -0.15) is 0 Å². The first-order valence-corrected chi connectivity index (χ1v) is 7.41. The van der Waals surface area contributed by atoms with E-state index in [2.05, 4.69) is 17.6 Å². The summed E-state index contributed by atoms with van der Waals surface area (Å²) in [7, 11) is 0. The minimum Gasteiger partial charge on any atom is -0.356 e. The van der Waals surface area contributed by atoms with Gasteiger partial charge in [0, 0.05) is 13.1 Å². The first kappa shape index (κ1) is 15.5. The van der Waals surface area contributed by atoms with Gasteiger partial charge in [-0.15, -0.1) is 0 Å². The molecule has 2 unspecified atom stereocenters. The number of rotatable bonds is 7. The molecule has 0 spiro atoms. The van der Waals surface area contributed by atoms with Crippen LogP contribution >= 0.6 is 0 Å². The number of hydrogen-bond acceptors (Lipinski definition) is 2. The van der Waals surface area contributed by atoms with Crippen molar-refractivity contribution in [3.05, 3.63) is 35.6 Å². The molecule has 0 aromatic heterocycles. The van der Waals surface area contributed by atoms with Crippen LogP contribution in [0.4, 0.5) is 4.39 Å². The van der Waals surface area contributed by atoms with Gasteiger partial charge in [0.15, 0.2) is 0 Å². The fraction of sp³-hybridized carbons (Fsp3) is 0.500. The molecule has 0 saturated heterocycles. The molecule has 5 heteroatoms. The van der Waals surface area contributed by atoms with Gasteiger partial charge in [0.25, 0.3) is 0 Å². The van der Waals surface area contributed by atoms with Crippen LogP contribution < -0.4 is 10.6 Å². The van der Waals surface area contributed by atoms with Crippen LogP contribution in [-0.4, -0.2) is 18.4 Å². The number of carbonyl (C=O) groups excluding carboxylic acids is 2. The van der Waals surface area contributed by atoms with Crippen LogP contribution in [0.2, 0.25) is 0 Å². The monoisotopic (exact) mass is 292 g/mol. The van der Waals surface area contributed by atoms with Crippen LogP contribution in [0.3, 0.4) is 0 Å². The van der Waals surface area contributed by atoms with Gasteiger partial charge in [-0.3, -0.25) is 9.59 Å². The zero-order chi connectivity index (χ0) is 15.2. The maximum absolute atomic E-state index is 12.8. The Morgan fingerprint density at radius 3 is 2.38 bits per heavy atom. The number of hydrogen-bond donors (Lipinski definition) is 2. The van der Waals surface area contributed by atoms with Crippen molar-refractivity contribution in [2.75, 3.05) is 6.54 Å². The Hall–Kier alpha value is -1.91. The van der Waals surface area contributed by atoms with Crippen LogP contribution in [0.25, 0.3) is 0 Å². The van der Waals surface area contributed by atoms with Crippen LogP contribution in [-0.2, 0) is 16.1 Å².